The van der Waals surface area contributed by atoms with Gasteiger partial charge in [-0.3, -0.25) is 0 Å². The van der Waals surface area contributed by atoms with Crippen LogP contribution in [0.5, 0.6) is 0 Å². The van der Waals surface area contributed by atoms with Gasteiger partial charge in [0.15, 0.2) is 5.65 Å². The normalized spacial score (nSPS) is 10.8. The van der Waals surface area contributed by atoms with E-state index in [1.54, 1.807) is 17.1 Å². The van der Waals surface area contributed by atoms with Crippen LogP contribution in [0.25, 0.3) is 16.9 Å². The number of benzene rings is 2. The van der Waals surface area contributed by atoms with E-state index in [0.717, 1.165) is 22.7 Å². The van der Waals surface area contributed by atoms with Crippen molar-refractivity contribution in [2.45, 2.75) is 6.54 Å². The van der Waals surface area contributed by atoms with E-state index in [9.17, 15) is 0 Å². The van der Waals surface area contributed by atoms with Crippen LogP contribution in [0.15, 0.2) is 73.1 Å². The molecule has 0 amide bonds. The molecule has 0 saturated heterocycles. The number of nitrogens with zero attached hydrogens (tertiary/aromatic N) is 4. The van der Waals surface area contributed by atoms with Crippen molar-refractivity contribution in [3.63, 3.8) is 0 Å². The van der Waals surface area contributed by atoms with Gasteiger partial charge in [-0.2, -0.15) is 5.10 Å². The lowest BCUT2D eigenvalue weighted by atomic mass is 10.2. The molecule has 2 heterocycles. The van der Waals surface area contributed by atoms with Crippen LogP contribution in [0.2, 0.25) is 0 Å². The number of hydrogen-bond donors (Lipinski definition) is 1. The number of hydrogen-bond acceptors (Lipinski definition) is 4. The maximum atomic E-state index is 4.58. The van der Waals surface area contributed by atoms with E-state index in [-0.39, 0.29) is 0 Å². The fraction of sp³-hybridized carbons (Fsp3) is 0.0556. The Morgan fingerprint density at radius 2 is 1.61 bits per heavy atom. The van der Waals surface area contributed by atoms with Gasteiger partial charge in [-0.15, -0.1) is 0 Å². The molecule has 4 aromatic rings. The van der Waals surface area contributed by atoms with Crippen LogP contribution in [-0.2, 0) is 6.54 Å². The van der Waals surface area contributed by atoms with Crippen LogP contribution in [0.3, 0.4) is 0 Å². The van der Waals surface area contributed by atoms with Crippen molar-refractivity contribution in [1.82, 2.24) is 19.7 Å². The molecule has 0 radical (unpaired) electrons. The fourth-order valence-corrected chi connectivity index (χ4v) is 2.45. The molecule has 4 rings (SSSR count). The lowest BCUT2D eigenvalue weighted by Gasteiger charge is -2.06. The van der Waals surface area contributed by atoms with E-state index < -0.39 is 0 Å². The van der Waals surface area contributed by atoms with E-state index >= 15 is 0 Å². The van der Waals surface area contributed by atoms with Gasteiger partial charge in [0.05, 0.1) is 18.1 Å². The maximum absolute atomic E-state index is 4.58. The summed E-state index contributed by atoms with van der Waals surface area (Å²) in [5.74, 6) is 0.744. The van der Waals surface area contributed by atoms with Crippen LogP contribution in [0.1, 0.15) is 5.56 Å². The summed E-state index contributed by atoms with van der Waals surface area (Å²) in [6.07, 6.45) is 3.48. The Morgan fingerprint density at radius 1 is 0.870 bits per heavy atom. The molecule has 0 unspecified atom stereocenters. The van der Waals surface area contributed by atoms with Gasteiger partial charge in [0, 0.05) is 6.54 Å². The third-order valence-electron chi connectivity index (χ3n) is 3.59. The highest BCUT2D eigenvalue weighted by atomic mass is 15.3. The monoisotopic (exact) mass is 301 g/mol. The first kappa shape index (κ1) is 13.5. The van der Waals surface area contributed by atoms with Crippen molar-refractivity contribution < 1.29 is 0 Å². The Hall–Kier alpha value is -3.21. The Balaban J connectivity index is 1.60. The predicted molar refractivity (Wildman–Crippen MR) is 90.4 cm³/mol. The second kappa shape index (κ2) is 5.88. The summed E-state index contributed by atoms with van der Waals surface area (Å²) in [7, 11) is 0. The van der Waals surface area contributed by atoms with Gasteiger partial charge in [0.2, 0.25) is 0 Å². The highest BCUT2D eigenvalue weighted by Crippen LogP contribution is 2.16. The van der Waals surface area contributed by atoms with Crippen LogP contribution in [0, 0.1) is 0 Å². The standard InChI is InChI=1S/C18H15N5/c1-3-7-14(8-4-1)11-19-17-13-20-18-16(22-17)12-21-23(18)15-9-5-2-6-10-15/h1-10,12-13H,11H2,(H,19,22). The first-order chi connectivity index (χ1) is 11.4. The molecule has 112 valence electrons. The molecule has 5 heteroatoms. The summed E-state index contributed by atoms with van der Waals surface area (Å²) in [6, 6.07) is 20.1. The molecule has 2 aromatic heterocycles. The first-order valence-corrected chi connectivity index (χ1v) is 7.44. The van der Waals surface area contributed by atoms with Gasteiger partial charge in [-0.25, -0.2) is 14.6 Å². The summed E-state index contributed by atoms with van der Waals surface area (Å²) in [4.78, 5) is 9.08. The zero-order valence-electron chi connectivity index (χ0n) is 12.4. The largest absolute Gasteiger partial charge is 0.365 e. The summed E-state index contributed by atoms with van der Waals surface area (Å²) in [6.45, 7) is 0.716. The summed E-state index contributed by atoms with van der Waals surface area (Å²) >= 11 is 0. The lowest BCUT2D eigenvalue weighted by Crippen LogP contribution is -2.02. The van der Waals surface area contributed by atoms with Gasteiger partial charge < -0.3 is 5.32 Å². The molecule has 0 aliphatic rings. The fourth-order valence-electron chi connectivity index (χ4n) is 2.45. The second-order valence-corrected chi connectivity index (χ2v) is 5.20. The van der Waals surface area contributed by atoms with Crippen molar-refractivity contribution in [2.24, 2.45) is 0 Å². The molecule has 0 bridgehead atoms. The molecule has 0 saturated carbocycles. The number of anilines is 1. The number of aromatic nitrogens is 4. The van der Waals surface area contributed by atoms with Crippen molar-refractivity contribution in [3.05, 3.63) is 78.6 Å². The van der Waals surface area contributed by atoms with Gasteiger partial charge >= 0.3 is 0 Å². The van der Waals surface area contributed by atoms with E-state index in [0.29, 0.717) is 6.54 Å². The first-order valence-electron chi connectivity index (χ1n) is 7.44. The number of nitrogens with one attached hydrogen (secondary N) is 1. The third-order valence-corrected chi connectivity index (χ3v) is 3.59. The Morgan fingerprint density at radius 3 is 2.39 bits per heavy atom. The molecule has 23 heavy (non-hydrogen) atoms. The molecule has 0 aliphatic carbocycles. The Kier molecular flexibility index (Phi) is 3.44. The zero-order chi connectivity index (χ0) is 15.5. The lowest BCUT2D eigenvalue weighted by molar-refractivity contribution is 0.896. The number of fused-ring (bicyclic) bond motifs is 1. The SMILES string of the molecule is c1ccc(CNc2cnc3c(cnn3-c3ccccc3)n2)cc1. The molecule has 5 nitrogen and oxygen atoms in total. The molecule has 0 aliphatic heterocycles. The molecular weight excluding hydrogens is 286 g/mol. The Labute approximate surface area is 133 Å². The smallest absolute Gasteiger partial charge is 0.181 e. The minimum absolute atomic E-state index is 0.716. The predicted octanol–water partition coefficient (Wildman–Crippen LogP) is 3.43. The minimum atomic E-state index is 0.716. The van der Waals surface area contributed by atoms with E-state index in [1.165, 1.54) is 5.56 Å². The summed E-state index contributed by atoms with van der Waals surface area (Å²) in [5.41, 5.74) is 3.70. The maximum Gasteiger partial charge on any atom is 0.181 e. The van der Waals surface area contributed by atoms with Crippen LogP contribution in [-0.4, -0.2) is 19.7 Å². The summed E-state index contributed by atoms with van der Waals surface area (Å²) in [5, 5.41) is 7.68. The zero-order valence-corrected chi connectivity index (χ0v) is 12.4. The summed E-state index contributed by atoms with van der Waals surface area (Å²) < 4.78 is 1.79. The van der Waals surface area contributed by atoms with Crippen molar-refractivity contribution in [1.29, 1.82) is 0 Å². The van der Waals surface area contributed by atoms with Gasteiger partial charge in [-0.05, 0) is 17.7 Å². The van der Waals surface area contributed by atoms with E-state index in [4.69, 9.17) is 0 Å². The van der Waals surface area contributed by atoms with Crippen LogP contribution < -0.4 is 5.32 Å². The van der Waals surface area contributed by atoms with Crippen molar-refractivity contribution >= 4 is 17.0 Å². The quantitative estimate of drug-likeness (QED) is 0.627. The topological polar surface area (TPSA) is 55.6 Å². The molecule has 2 aromatic carbocycles. The minimum Gasteiger partial charge on any atom is -0.365 e. The van der Waals surface area contributed by atoms with E-state index in [2.05, 4.69) is 32.5 Å². The number of rotatable bonds is 4. The van der Waals surface area contributed by atoms with Crippen molar-refractivity contribution in [3.8, 4) is 5.69 Å². The molecular formula is C18H15N5. The van der Waals surface area contributed by atoms with Gasteiger partial charge in [0.25, 0.3) is 0 Å². The van der Waals surface area contributed by atoms with E-state index in [1.807, 2.05) is 48.5 Å². The van der Waals surface area contributed by atoms with Crippen LogP contribution in [0.4, 0.5) is 5.82 Å². The average Bonchev–Trinajstić information content (AvgIpc) is 3.05. The average molecular weight is 301 g/mol. The highest BCUT2D eigenvalue weighted by Gasteiger charge is 2.08. The van der Waals surface area contributed by atoms with Crippen molar-refractivity contribution in [2.75, 3.05) is 5.32 Å². The molecule has 0 fully saturated rings. The van der Waals surface area contributed by atoms with Gasteiger partial charge in [0.1, 0.15) is 11.3 Å². The molecule has 0 atom stereocenters. The molecule has 0 spiro atoms. The Bertz CT molecular complexity index is 916. The van der Waals surface area contributed by atoms with Crippen LogP contribution >= 0.6 is 0 Å². The highest BCUT2D eigenvalue weighted by molar-refractivity contribution is 5.73. The third kappa shape index (κ3) is 2.76. The second-order valence-electron chi connectivity index (χ2n) is 5.20. The molecule has 1 N–H and O–H groups in total. The van der Waals surface area contributed by atoms with Gasteiger partial charge in [-0.1, -0.05) is 48.5 Å². The number of para-hydroxylation sites is 1.